The minimum Gasteiger partial charge on any atom is -0.480 e. The first-order valence-electron chi connectivity index (χ1n) is 6.66. The van der Waals surface area contributed by atoms with Crippen molar-refractivity contribution in [2.75, 3.05) is 0 Å². The van der Waals surface area contributed by atoms with E-state index < -0.39 is 11.4 Å². The highest BCUT2D eigenvalue weighted by molar-refractivity contribution is 5.86. The summed E-state index contributed by atoms with van der Waals surface area (Å²) in [6, 6.07) is 15.3. The molecule has 102 valence electrons. The molecular formula is C16H16N2O2. The molecule has 1 aliphatic rings. The summed E-state index contributed by atoms with van der Waals surface area (Å²) in [6.45, 7) is 0.674. The Morgan fingerprint density at radius 1 is 1.25 bits per heavy atom. The maximum Gasteiger partial charge on any atom is 0.317 e. The van der Waals surface area contributed by atoms with E-state index in [2.05, 4.69) is 10.3 Å². The number of nitrogens with zero attached hydrogens (tertiary/aromatic N) is 1. The molecular weight excluding hydrogens is 252 g/mol. The van der Waals surface area contributed by atoms with Crippen molar-refractivity contribution in [2.24, 2.45) is 0 Å². The van der Waals surface area contributed by atoms with Crippen LogP contribution in [0.25, 0.3) is 0 Å². The zero-order valence-corrected chi connectivity index (χ0v) is 11.0. The van der Waals surface area contributed by atoms with Crippen LogP contribution in [0.5, 0.6) is 0 Å². The van der Waals surface area contributed by atoms with Crippen LogP contribution in [-0.4, -0.2) is 22.1 Å². The van der Waals surface area contributed by atoms with Gasteiger partial charge >= 0.3 is 5.97 Å². The van der Waals surface area contributed by atoms with E-state index in [4.69, 9.17) is 0 Å². The zero-order chi connectivity index (χ0) is 14.0. The Morgan fingerprint density at radius 3 is 2.65 bits per heavy atom. The highest BCUT2D eigenvalue weighted by atomic mass is 16.4. The Hall–Kier alpha value is -2.20. The predicted octanol–water partition coefficient (Wildman–Crippen LogP) is 1.97. The molecule has 1 aromatic heterocycles. The maximum absolute atomic E-state index is 11.6. The lowest BCUT2D eigenvalue weighted by atomic mass is 10.0. The third kappa shape index (κ3) is 2.18. The average Bonchev–Trinajstić information content (AvgIpc) is 3.23. The Bertz CT molecular complexity index is 600. The third-order valence-electron chi connectivity index (χ3n) is 3.86. The minimum atomic E-state index is -0.865. The summed E-state index contributed by atoms with van der Waals surface area (Å²) in [5.41, 5.74) is 0.925. The number of hydrogen-bond acceptors (Lipinski definition) is 3. The number of benzene rings is 1. The molecule has 1 aromatic carbocycles. The van der Waals surface area contributed by atoms with Gasteiger partial charge in [0.2, 0.25) is 0 Å². The van der Waals surface area contributed by atoms with E-state index in [0.717, 1.165) is 5.56 Å². The van der Waals surface area contributed by atoms with Crippen LogP contribution in [0.15, 0.2) is 54.7 Å². The quantitative estimate of drug-likeness (QED) is 0.870. The largest absolute Gasteiger partial charge is 0.480 e. The number of aromatic nitrogens is 1. The molecule has 0 saturated heterocycles. The number of aliphatic carboxylic acids is 1. The molecule has 2 atom stereocenters. The van der Waals surface area contributed by atoms with Crippen LogP contribution in [0.4, 0.5) is 0 Å². The highest BCUT2D eigenvalue weighted by Gasteiger charge is 2.62. The van der Waals surface area contributed by atoms with Gasteiger partial charge in [0.05, 0.1) is 5.69 Å². The van der Waals surface area contributed by atoms with Gasteiger partial charge in [-0.15, -0.1) is 0 Å². The first kappa shape index (κ1) is 12.8. The van der Waals surface area contributed by atoms with E-state index in [-0.39, 0.29) is 6.04 Å². The van der Waals surface area contributed by atoms with Gasteiger partial charge in [-0.25, -0.2) is 0 Å². The smallest absolute Gasteiger partial charge is 0.317 e. The Kier molecular flexibility index (Phi) is 3.24. The number of rotatable bonds is 5. The van der Waals surface area contributed by atoms with Crippen LogP contribution < -0.4 is 5.32 Å². The molecule has 0 amide bonds. The van der Waals surface area contributed by atoms with Crippen LogP contribution in [0.3, 0.4) is 0 Å². The Balaban J connectivity index is 1.72. The van der Waals surface area contributed by atoms with Gasteiger partial charge in [0, 0.05) is 18.8 Å². The fourth-order valence-electron chi connectivity index (χ4n) is 2.60. The number of carboxylic acids is 1. The Labute approximate surface area is 117 Å². The molecule has 4 heteroatoms. The number of nitrogens with one attached hydrogen (secondary N) is 1. The lowest BCUT2D eigenvalue weighted by Crippen LogP contribution is -2.32. The highest BCUT2D eigenvalue weighted by Crippen LogP contribution is 2.47. The van der Waals surface area contributed by atoms with E-state index in [9.17, 15) is 9.90 Å². The fourth-order valence-corrected chi connectivity index (χ4v) is 2.60. The zero-order valence-electron chi connectivity index (χ0n) is 11.0. The summed E-state index contributed by atoms with van der Waals surface area (Å²) in [5.74, 6) is -0.804. The maximum atomic E-state index is 11.6. The molecule has 0 bridgehead atoms. The molecule has 2 aromatic rings. The predicted molar refractivity (Wildman–Crippen MR) is 75.2 cm³/mol. The van der Waals surface area contributed by atoms with Crippen molar-refractivity contribution in [3.63, 3.8) is 0 Å². The van der Waals surface area contributed by atoms with Gasteiger partial charge in [0.15, 0.2) is 0 Å². The summed E-state index contributed by atoms with van der Waals surface area (Å²) < 4.78 is 0. The van der Waals surface area contributed by atoms with E-state index in [1.54, 1.807) is 18.3 Å². The van der Waals surface area contributed by atoms with Crippen LogP contribution in [0.1, 0.15) is 17.7 Å². The second-order valence-corrected chi connectivity index (χ2v) is 5.11. The summed E-state index contributed by atoms with van der Waals surface area (Å²) in [6.07, 6.45) is 2.23. The summed E-state index contributed by atoms with van der Waals surface area (Å²) in [5, 5.41) is 12.9. The molecule has 1 aliphatic carbocycles. The van der Waals surface area contributed by atoms with Crippen LogP contribution >= 0.6 is 0 Å². The van der Waals surface area contributed by atoms with E-state index in [1.807, 2.05) is 36.4 Å². The monoisotopic (exact) mass is 268 g/mol. The molecule has 0 aliphatic heterocycles. The van der Waals surface area contributed by atoms with Gasteiger partial charge < -0.3 is 10.4 Å². The van der Waals surface area contributed by atoms with Crippen molar-refractivity contribution in [1.29, 1.82) is 0 Å². The molecule has 1 fully saturated rings. The summed E-state index contributed by atoms with van der Waals surface area (Å²) in [4.78, 5) is 15.8. The van der Waals surface area contributed by atoms with Crippen molar-refractivity contribution in [3.05, 3.63) is 66.0 Å². The first-order valence-corrected chi connectivity index (χ1v) is 6.66. The van der Waals surface area contributed by atoms with Gasteiger partial charge in [-0.3, -0.25) is 9.78 Å². The van der Waals surface area contributed by atoms with Crippen molar-refractivity contribution >= 4 is 5.97 Å². The van der Waals surface area contributed by atoms with Crippen LogP contribution in [-0.2, 0) is 16.8 Å². The second kappa shape index (κ2) is 5.06. The van der Waals surface area contributed by atoms with Gasteiger partial charge in [0.1, 0.15) is 5.41 Å². The van der Waals surface area contributed by atoms with Crippen LogP contribution in [0, 0.1) is 0 Å². The van der Waals surface area contributed by atoms with E-state index >= 15 is 0 Å². The van der Waals surface area contributed by atoms with E-state index in [0.29, 0.717) is 18.7 Å². The lowest BCUT2D eigenvalue weighted by Gasteiger charge is -2.12. The molecule has 0 spiro atoms. The number of carboxylic acid groups (broad SMARTS) is 1. The number of pyridine rings is 1. The van der Waals surface area contributed by atoms with Crippen molar-refractivity contribution in [2.45, 2.75) is 24.4 Å². The van der Waals surface area contributed by atoms with Crippen molar-refractivity contribution in [1.82, 2.24) is 10.3 Å². The van der Waals surface area contributed by atoms with Gasteiger partial charge in [0.25, 0.3) is 0 Å². The summed E-state index contributed by atoms with van der Waals surface area (Å²) in [7, 11) is 0. The molecule has 2 N–H and O–H groups in total. The van der Waals surface area contributed by atoms with Crippen molar-refractivity contribution in [3.8, 4) is 0 Å². The molecule has 20 heavy (non-hydrogen) atoms. The molecule has 4 nitrogen and oxygen atoms in total. The first-order chi connectivity index (χ1) is 9.73. The second-order valence-electron chi connectivity index (χ2n) is 5.11. The standard InChI is InChI=1S/C16H16N2O2/c19-15(20)16(13-8-4-5-9-17-13)10-14(16)18-11-12-6-2-1-3-7-12/h1-9,14,18H,10-11H2,(H,19,20). The topological polar surface area (TPSA) is 62.2 Å². The fraction of sp³-hybridized carbons (Fsp3) is 0.250. The molecule has 1 heterocycles. The van der Waals surface area contributed by atoms with Gasteiger partial charge in [-0.2, -0.15) is 0 Å². The molecule has 3 rings (SSSR count). The van der Waals surface area contributed by atoms with Crippen LogP contribution in [0.2, 0.25) is 0 Å². The molecule has 0 radical (unpaired) electrons. The van der Waals surface area contributed by atoms with Crippen molar-refractivity contribution < 1.29 is 9.90 Å². The SMILES string of the molecule is O=C(O)C1(c2ccccn2)CC1NCc1ccccc1. The van der Waals surface area contributed by atoms with E-state index in [1.165, 1.54) is 0 Å². The normalized spacial score (nSPS) is 24.3. The van der Waals surface area contributed by atoms with Gasteiger partial charge in [-0.05, 0) is 24.1 Å². The lowest BCUT2D eigenvalue weighted by molar-refractivity contribution is -0.140. The summed E-state index contributed by atoms with van der Waals surface area (Å²) >= 11 is 0. The number of hydrogen-bond donors (Lipinski definition) is 2. The number of carbonyl (C=O) groups is 1. The molecule has 1 saturated carbocycles. The Morgan fingerprint density at radius 2 is 2.00 bits per heavy atom. The molecule has 2 unspecified atom stereocenters. The minimum absolute atomic E-state index is 0.0601. The average molecular weight is 268 g/mol. The third-order valence-corrected chi connectivity index (χ3v) is 3.86. The van der Waals surface area contributed by atoms with Gasteiger partial charge in [-0.1, -0.05) is 36.4 Å².